The molecule has 0 N–H and O–H groups in total. The SMILES string of the molecule is COC(=O)c1ccc2c(c1)c1c(n2/C=C(\C)c2ccc(C)nc2)CCN(C)C1. The van der Waals surface area contributed by atoms with Crippen molar-refractivity contribution in [2.24, 2.45) is 0 Å². The summed E-state index contributed by atoms with van der Waals surface area (Å²) in [5.41, 5.74) is 7.59. The first kappa shape index (κ1) is 18.4. The zero-order valence-electron chi connectivity index (χ0n) is 16.8. The van der Waals surface area contributed by atoms with Crippen LogP contribution in [0.2, 0.25) is 0 Å². The standard InChI is InChI=1S/C23H25N3O2/c1-15(18-6-5-16(2)24-12-18)13-26-21-8-7-17(23(27)28-4)11-19(21)20-14-25(3)10-9-22(20)26/h5-8,11-13H,9-10,14H2,1-4H3/b15-13+. The van der Waals surface area contributed by atoms with Crippen LogP contribution in [-0.2, 0) is 17.7 Å². The van der Waals surface area contributed by atoms with E-state index in [1.165, 1.54) is 18.4 Å². The molecule has 0 bridgehead atoms. The average molecular weight is 375 g/mol. The molecule has 5 nitrogen and oxygen atoms in total. The molecule has 0 atom stereocenters. The number of rotatable bonds is 3. The maximum Gasteiger partial charge on any atom is 0.337 e. The Morgan fingerprint density at radius 1 is 1.21 bits per heavy atom. The van der Waals surface area contributed by atoms with Crippen molar-refractivity contribution in [3.63, 3.8) is 0 Å². The number of benzene rings is 1. The van der Waals surface area contributed by atoms with Gasteiger partial charge in [0.2, 0.25) is 0 Å². The number of carbonyl (C=O) groups is 1. The van der Waals surface area contributed by atoms with Crippen LogP contribution in [0, 0.1) is 6.92 Å². The third-order valence-corrected chi connectivity index (χ3v) is 5.49. The van der Waals surface area contributed by atoms with E-state index < -0.39 is 0 Å². The number of nitrogens with zero attached hydrogens (tertiary/aromatic N) is 3. The van der Waals surface area contributed by atoms with Gasteiger partial charge in [-0.15, -0.1) is 0 Å². The average Bonchev–Trinajstić information content (AvgIpc) is 3.00. The minimum absolute atomic E-state index is 0.301. The van der Waals surface area contributed by atoms with E-state index in [4.69, 9.17) is 4.74 Å². The van der Waals surface area contributed by atoms with E-state index in [2.05, 4.69) is 40.7 Å². The van der Waals surface area contributed by atoms with Crippen molar-refractivity contribution in [2.45, 2.75) is 26.8 Å². The van der Waals surface area contributed by atoms with Crippen LogP contribution >= 0.6 is 0 Å². The third kappa shape index (κ3) is 3.22. The quantitative estimate of drug-likeness (QED) is 0.646. The lowest BCUT2D eigenvalue weighted by Crippen LogP contribution is -2.26. The predicted octanol–water partition coefficient (Wildman–Crippen LogP) is 4.14. The molecule has 0 amide bonds. The highest BCUT2D eigenvalue weighted by atomic mass is 16.5. The molecule has 0 fully saturated rings. The van der Waals surface area contributed by atoms with Gasteiger partial charge in [0.05, 0.1) is 18.2 Å². The molecule has 3 heterocycles. The Hall–Kier alpha value is -2.92. The molecule has 0 unspecified atom stereocenters. The molecule has 0 saturated heterocycles. The molecular weight excluding hydrogens is 350 g/mol. The van der Waals surface area contributed by atoms with Crippen molar-refractivity contribution in [2.75, 3.05) is 20.7 Å². The summed E-state index contributed by atoms with van der Waals surface area (Å²) >= 11 is 0. The zero-order valence-corrected chi connectivity index (χ0v) is 16.8. The molecule has 0 aliphatic carbocycles. The number of likely N-dealkylation sites (N-methyl/N-ethyl adjacent to an activating group) is 1. The van der Waals surface area contributed by atoms with Crippen molar-refractivity contribution >= 4 is 28.6 Å². The number of aromatic nitrogens is 2. The van der Waals surface area contributed by atoms with Gasteiger partial charge in [0.1, 0.15) is 0 Å². The van der Waals surface area contributed by atoms with Gasteiger partial charge in [-0.25, -0.2) is 4.79 Å². The van der Waals surface area contributed by atoms with Gasteiger partial charge in [-0.2, -0.15) is 0 Å². The molecule has 2 aromatic heterocycles. The molecule has 5 heteroatoms. The van der Waals surface area contributed by atoms with Crippen LogP contribution in [0.4, 0.5) is 0 Å². The summed E-state index contributed by atoms with van der Waals surface area (Å²) in [6, 6.07) is 9.97. The van der Waals surface area contributed by atoms with E-state index in [1.54, 1.807) is 0 Å². The smallest absolute Gasteiger partial charge is 0.337 e. The number of methoxy groups -OCH3 is 1. The first-order valence-electron chi connectivity index (χ1n) is 9.52. The van der Waals surface area contributed by atoms with Gasteiger partial charge < -0.3 is 14.2 Å². The second kappa shape index (κ2) is 7.24. The van der Waals surface area contributed by atoms with Crippen LogP contribution in [0.5, 0.6) is 0 Å². The van der Waals surface area contributed by atoms with Crippen LogP contribution < -0.4 is 0 Å². The monoisotopic (exact) mass is 375 g/mol. The Balaban J connectivity index is 1.89. The molecule has 4 rings (SSSR count). The molecule has 1 aliphatic rings. The molecule has 0 radical (unpaired) electrons. The number of esters is 1. The van der Waals surface area contributed by atoms with Crippen molar-refractivity contribution < 1.29 is 9.53 Å². The molecular formula is C23H25N3O2. The summed E-state index contributed by atoms with van der Waals surface area (Å²) < 4.78 is 7.20. The van der Waals surface area contributed by atoms with Gasteiger partial charge in [0, 0.05) is 48.7 Å². The Kier molecular flexibility index (Phi) is 4.77. The maximum atomic E-state index is 12.0. The summed E-state index contributed by atoms with van der Waals surface area (Å²) in [5.74, 6) is -0.301. The van der Waals surface area contributed by atoms with Gasteiger partial charge in [-0.3, -0.25) is 4.98 Å². The molecule has 28 heavy (non-hydrogen) atoms. The van der Waals surface area contributed by atoms with Gasteiger partial charge >= 0.3 is 5.97 Å². The summed E-state index contributed by atoms with van der Waals surface area (Å²) in [7, 11) is 3.55. The summed E-state index contributed by atoms with van der Waals surface area (Å²) in [6.07, 6.45) is 5.09. The number of carbonyl (C=O) groups excluding carboxylic acids is 1. The van der Waals surface area contributed by atoms with Crippen LogP contribution in [0.15, 0.2) is 36.5 Å². The number of hydrogen-bond acceptors (Lipinski definition) is 4. The topological polar surface area (TPSA) is 47.4 Å². The second-order valence-electron chi connectivity index (χ2n) is 7.51. The number of hydrogen-bond donors (Lipinski definition) is 0. The highest BCUT2D eigenvalue weighted by molar-refractivity contribution is 5.97. The number of aryl methyl sites for hydroxylation is 1. The molecule has 0 spiro atoms. The normalized spacial score (nSPS) is 14.9. The van der Waals surface area contributed by atoms with Crippen LogP contribution in [-0.4, -0.2) is 41.1 Å². The molecule has 1 aliphatic heterocycles. The van der Waals surface area contributed by atoms with Crippen molar-refractivity contribution in [1.82, 2.24) is 14.5 Å². The Bertz CT molecular complexity index is 1080. The molecule has 1 aromatic carbocycles. The largest absolute Gasteiger partial charge is 0.465 e. The van der Waals surface area contributed by atoms with E-state index in [9.17, 15) is 4.79 Å². The fourth-order valence-electron chi connectivity index (χ4n) is 3.89. The van der Waals surface area contributed by atoms with E-state index in [0.29, 0.717) is 5.56 Å². The second-order valence-corrected chi connectivity index (χ2v) is 7.51. The van der Waals surface area contributed by atoms with Gasteiger partial charge in [-0.1, -0.05) is 6.07 Å². The highest BCUT2D eigenvalue weighted by Gasteiger charge is 2.23. The van der Waals surface area contributed by atoms with Crippen LogP contribution in [0.25, 0.3) is 22.7 Å². The Morgan fingerprint density at radius 3 is 2.71 bits per heavy atom. The fourth-order valence-corrected chi connectivity index (χ4v) is 3.89. The first-order chi connectivity index (χ1) is 13.5. The molecule has 3 aromatic rings. The van der Waals surface area contributed by atoms with Gasteiger partial charge in [0.15, 0.2) is 0 Å². The molecule has 144 valence electrons. The zero-order chi connectivity index (χ0) is 19.8. The number of pyridine rings is 1. The number of ether oxygens (including phenoxy) is 1. The van der Waals surface area contributed by atoms with E-state index in [-0.39, 0.29) is 5.97 Å². The third-order valence-electron chi connectivity index (χ3n) is 5.49. The predicted molar refractivity (Wildman–Crippen MR) is 112 cm³/mol. The van der Waals surface area contributed by atoms with E-state index in [0.717, 1.165) is 47.2 Å². The first-order valence-corrected chi connectivity index (χ1v) is 9.52. The lowest BCUT2D eigenvalue weighted by atomic mass is 10.0. The maximum absolute atomic E-state index is 12.0. The van der Waals surface area contributed by atoms with Gasteiger partial charge in [0.25, 0.3) is 0 Å². The lowest BCUT2D eigenvalue weighted by molar-refractivity contribution is 0.0601. The molecule has 0 saturated carbocycles. The van der Waals surface area contributed by atoms with E-state index >= 15 is 0 Å². The minimum atomic E-state index is -0.301. The van der Waals surface area contributed by atoms with E-state index in [1.807, 2.05) is 37.4 Å². The number of fused-ring (bicyclic) bond motifs is 3. The van der Waals surface area contributed by atoms with Crippen LogP contribution in [0.3, 0.4) is 0 Å². The summed E-state index contributed by atoms with van der Waals surface area (Å²) in [5, 5.41) is 1.12. The Morgan fingerprint density at radius 2 is 2.00 bits per heavy atom. The minimum Gasteiger partial charge on any atom is -0.465 e. The summed E-state index contributed by atoms with van der Waals surface area (Å²) in [4.78, 5) is 18.8. The lowest BCUT2D eigenvalue weighted by Gasteiger charge is -2.23. The summed E-state index contributed by atoms with van der Waals surface area (Å²) in [6.45, 7) is 6.00. The van der Waals surface area contributed by atoms with Crippen molar-refractivity contribution in [1.29, 1.82) is 0 Å². The van der Waals surface area contributed by atoms with Crippen LogP contribution in [0.1, 0.15) is 39.8 Å². The Labute approximate surface area is 165 Å². The fraction of sp³-hybridized carbons (Fsp3) is 0.304. The van der Waals surface area contributed by atoms with Crippen molar-refractivity contribution in [3.05, 3.63) is 64.6 Å². The number of allylic oxidation sites excluding steroid dienone is 1. The van der Waals surface area contributed by atoms with Gasteiger partial charge in [-0.05, 0) is 61.9 Å². The highest BCUT2D eigenvalue weighted by Crippen LogP contribution is 2.33. The van der Waals surface area contributed by atoms with Crippen molar-refractivity contribution in [3.8, 4) is 0 Å².